The van der Waals surface area contributed by atoms with E-state index in [4.69, 9.17) is 11.6 Å². The molecular formula is C16H12ClF2N3O. The number of nitrogens with zero attached hydrogens (tertiary/aromatic N) is 1. The molecule has 118 valence electrons. The Morgan fingerprint density at radius 3 is 2.65 bits per heavy atom. The van der Waals surface area contributed by atoms with Gasteiger partial charge in [-0.05, 0) is 24.3 Å². The fourth-order valence-electron chi connectivity index (χ4n) is 2.41. The SMILES string of the molecule is Fc1ccccc1Cl.O=c1[nH]nc2c3c(cc(F)cc13)NCC2. The minimum atomic E-state index is -0.408. The van der Waals surface area contributed by atoms with Crippen LogP contribution in [0.1, 0.15) is 5.69 Å². The van der Waals surface area contributed by atoms with Crippen molar-refractivity contribution in [3.05, 3.63) is 69.1 Å². The quantitative estimate of drug-likeness (QED) is 0.661. The lowest BCUT2D eigenvalue weighted by molar-refractivity contribution is 0.628. The van der Waals surface area contributed by atoms with Crippen LogP contribution in [0.2, 0.25) is 5.02 Å². The maximum absolute atomic E-state index is 13.2. The van der Waals surface area contributed by atoms with E-state index in [1.807, 2.05) is 0 Å². The van der Waals surface area contributed by atoms with Crippen LogP contribution in [-0.2, 0) is 6.42 Å². The summed E-state index contributed by atoms with van der Waals surface area (Å²) in [4.78, 5) is 11.5. The van der Waals surface area contributed by atoms with Crippen LogP contribution in [0.3, 0.4) is 0 Å². The van der Waals surface area contributed by atoms with Crippen LogP contribution in [-0.4, -0.2) is 16.7 Å². The van der Waals surface area contributed by atoms with E-state index in [0.29, 0.717) is 17.6 Å². The van der Waals surface area contributed by atoms with Crippen molar-refractivity contribution in [2.24, 2.45) is 0 Å². The summed E-state index contributed by atoms with van der Waals surface area (Å²) in [6.07, 6.45) is 0.742. The van der Waals surface area contributed by atoms with Crippen LogP contribution >= 0.6 is 11.6 Å². The molecule has 4 nitrogen and oxygen atoms in total. The third-order valence-corrected chi connectivity index (χ3v) is 3.74. The second kappa shape index (κ2) is 6.34. The molecule has 1 aliphatic heterocycles. The van der Waals surface area contributed by atoms with Gasteiger partial charge in [-0.1, -0.05) is 23.7 Å². The standard InChI is InChI=1S/C10H8FN3O.C6H4ClF/c11-5-3-6-9-7(13-14-10(6)15)1-2-12-8(9)4-5;7-5-3-1-2-4-6(5)8/h3-4,12H,1-2H2,(H,14,15);1-4H. The van der Waals surface area contributed by atoms with Crippen molar-refractivity contribution in [2.45, 2.75) is 6.42 Å². The molecule has 0 fully saturated rings. The van der Waals surface area contributed by atoms with Gasteiger partial charge < -0.3 is 5.32 Å². The van der Waals surface area contributed by atoms with E-state index in [1.165, 1.54) is 24.3 Å². The van der Waals surface area contributed by atoms with Gasteiger partial charge in [0, 0.05) is 24.0 Å². The third kappa shape index (κ3) is 3.17. The van der Waals surface area contributed by atoms with Gasteiger partial charge in [-0.25, -0.2) is 13.9 Å². The molecule has 7 heteroatoms. The summed E-state index contributed by atoms with van der Waals surface area (Å²) >= 11 is 5.33. The predicted molar refractivity (Wildman–Crippen MR) is 85.9 cm³/mol. The number of hydrogen-bond acceptors (Lipinski definition) is 3. The monoisotopic (exact) mass is 335 g/mol. The first-order chi connectivity index (χ1) is 11.1. The molecule has 0 spiro atoms. The number of benzene rings is 2. The maximum atomic E-state index is 13.2. The summed E-state index contributed by atoms with van der Waals surface area (Å²) in [5, 5.41) is 10.7. The lowest BCUT2D eigenvalue weighted by Crippen LogP contribution is -2.19. The van der Waals surface area contributed by atoms with E-state index in [9.17, 15) is 13.6 Å². The Hall–Kier alpha value is -2.47. The van der Waals surface area contributed by atoms with Gasteiger partial charge in [-0.3, -0.25) is 4.79 Å². The first-order valence-electron chi connectivity index (χ1n) is 6.91. The molecule has 2 aromatic carbocycles. The molecule has 4 rings (SSSR count). The number of nitrogens with one attached hydrogen (secondary N) is 2. The van der Waals surface area contributed by atoms with E-state index in [-0.39, 0.29) is 16.4 Å². The smallest absolute Gasteiger partial charge is 0.272 e. The number of hydrogen-bond donors (Lipinski definition) is 2. The van der Waals surface area contributed by atoms with Gasteiger partial charge in [-0.15, -0.1) is 0 Å². The van der Waals surface area contributed by atoms with Crippen molar-refractivity contribution in [1.29, 1.82) is 0 Å². The van der Waals surface area contributed by atoms with Crippen LogP contribution in [0.25, 0.3) is 10.8 Å². The zero-order valence-corrected chi connectivity index (χ0v) is 12.6. The van der Waals surface area contributed by atoms with Crippen LogP contribution in [0.15, 0.2) is 41.2 Å². The molecule has 2 heterocycles. The van der Waals surface area contributed by atoms with E-state index in [1.54, 1.807) is 12.1 Å². The largest absolute Gasteiger partial charge is 0.384 e. The molecule has 3 aromatic rings. The number of halogens is 3. The zero-order valence-electron chi connectivity index (χ0n) is 11.9. The Bertz CT molecular complexity index is 906. The van der Waals surface area contributed by atoms with E-state index in [0.717, 1.165) is 17.5 Å². The molecule has 0 bridgehead atoms. The van der Waals surface area contributed by atoms with E-state index >= 15 is 0 Å². The lowest BCUT2D eigenvalue weighted by Gasteiger charge is -2.17. The van der Waals surface area contributed by atoms with Crippen molar-refractivity contribution in [3.63, 3.8) is 0 Å². The van der Waals surface area contributed by atoms with Crippen molar-refractivity contribution in [3.8, 4) is 0 Å². The second-order valence-corrected chi connectivity index (χ2v) is 5.37. The molecule has 1 aliphatic rings. The first-order valence-corrected chi connectivity index (χ1v) is 7.29. The molecule has 0 amide bonds. The third-order valence-electron chi connectivity index (χ3n) is 3.43. The number of rotatable bonds is 0. The minimum Gasteiger partial charge on any atom is -0.384 e. The molecule has 1 aromatic heterocycles. The molecular weight excluding hydrogens is 324 g/mol. The van der Waals surface area contributed by atoms with Gasteiger partial charge in [-0.2, -0.15) is 5.10 Å². The summed E-state index contributed by atoms with van der Waals surface area (Å²) < 4.78 is 25.4. The van der Waals surface area contributed by atoms with Crippen LogP contribution < -0.4 is 10.9 Å². The lowest BCUT2D eigenvalue weighted by atomic mass is 10.0. The number of aromatic nitrogens is 2. The molecule has 0 unspecified atom stereocenters. The summed E-state index contributed by atoms with van der Waals surface area (Å²) in [7, 11) is 0. The van der Waals surface area contributed by atoms with Crippen molar-refractivity contribution < 1.29 is 8.78 Å². The Balaban J connectivity index is 0.000000166. The van der Waals surface area contributed by atoms with Gasteiger partial charge in [0.1, 0.15) is 11.6 Å². The average Bonchev–Trinajstić information content (AvgIpc) is 2.54. The summed E-state index contributed by atoms with van der Waals surface area (Å²) in [6.45, 7) is 0.713. The Kier molecular flexibility index (Phi) is 4.25. The van der Waals surface area contributed by atoms with Crippen molar-refractivity contribution in [2.75, 3.05) is 11.9 Å². The van der Waals surface area contributed by atoms with Crippen LogP contribution in [0.4, 0.5) is 14.5 Å². The topological polar surface area (TPSA) is 57.8 Å². The van der Waals surface area contributed by atoms with Gasteiger partial charge >= 0.3 is 0 Å². The summed E-state index contributed by atoms with van der Waals surface area (Å²) in [6, 6.07) is 8.76. The molecule has 0 radical (unpaired) electrons. The van der Waals surface area contributed by atoms with Crippen molar-refractivity contribution in [1.82, 2.24) is 10.2 Å². The summed E-state index contributed by atoms with van der Waals surface area (Å²) in [5.74, 6) is -0.774. The van der Waals surface area contributed by atoms with E-state index < -0.39 is 5.82 Å². The zero-order chi connectivity index (χ0) is 16.4. The predicted octanol–water partition coefficient (Wildman–Crippen LogP) is 3.51. The minimum absolute atomic E-state index is 0.174. The van der Waals surface area contributed by atoms with Gasteiger partial charge in [0.25, 0.3) is 5.56 Å². The Labute approximate surface area is 135 Å². The number of anilines is 1. The Morgan fingerprint density at radius 1 is 1.17 bits per heavy atom. The van der Waals surface area contributed by atoms with Gasteiger partial charge in [0.2, 0.25) is 0 Å². The van der Waals surface area contributed by atoms with Crippen LogP contribution in [0.5, 0.6) is 0 Å². The highest BCUT2D eigenvalue weighted by atomic mass is 35.5. The molecule has 23 heavy (non-hydrogen) atoms. The molecule has 0 saturated heterocycles. The van der Waals surface area contributed by atoms with Crippen LogP contribution in [0, 0.1) is 11.6 Å². The molecule has 0 atom stereocenters. The Morgan fingerprint density at radius 2 is 1.96 bits per heavy atom. The van der Waals surface area contributed by atoms with Gasteiger partial charge in [0.15, 0.2) is 0 Å². The number of aromatic amines is 1. The molecule has 0 saturated carbocycles. The first kappa shape index (κ1) is 15.4. The highest BCUT2D eigenvalue weighted by Crippen LogP contribution is 2.27. The molecule has 2 N–H and O–H groups in total. The molecule has 0 aliphatic carbocycles. The fraction of sp³-hybridized carbons (Fsp3) is 0.125. The average molecular weight is 336 g/mol. The normalized spacial score (nSPS) is 12.3. The summed E-state index contributed by atoms with van der Waals surface area (Å²) in [5.41, 5.74) is 1.13. The maximum Gasteiger partial charge on any atom is 0.272 e. The van der Waals surface area contributed by atoms with Gasteiger partial charge in [0.05, 0.1) is 16.1 Å². The number of H-pyrrole nitrogens is 1. The second-order valence-electron chi connectivity index (χ2n) is 4.97. The van der Waals surface area contributed by atoms with Crippen molar-refractivity contribution >= 4 is 28.1 Å². The fourth-order valence-corrected chi connectivity index (χ4v) is 2.54. The highest BCUT2D eigenvalue weighted by Gasteiger charge is 2.16. The highest BCUT2D eigenvalue weighted by molar-refractivity contribution is 6.30. The van der Waals surface area contributed by atoms with E-state index in [2.05, 4.69) is 15.5 Å².